The van der Waals surface area contributed by atoms with E-state index in [1.165, 1.54) is 6.20 Å². The highest BCUT2D eigenvalue weighted by Gasteiger charge is 2.18. The fraction of sp³-hybridized carbons (Fsp3) is 0.188. The summed E-state index contributed by atoms with van der Waals surface area (Å²) in [7, 11) is 0. The second-order valence-electron chi connectivity index (χ2n) is 4.85. The summed E-state index contributed by atoms with van der Waals surface area (Å²) in [4.78, 5) is 37.1. The first kappa shape index (κ1) is 16.0. The van der Waals surface area contributed by atoms with Crippen LogP contribution in [0.3, 0.4) is 0 Å². The second-order valence-corrected chi connectivity index (χ2v) is 5.85. The summed E-state index contributed by atoms with van der Waals surface area (Å²) >= 11 is 1.07. The molecule has 0 unspecified atom stereocenters. The topological polar surface area (TPSA) is 94.1 Å². The van der Waals surface area contributed by atoms with Gasteiger partial charge in [-0.3, -0.25) is 15.1 Å². The highest BCUT2D eigenvalue weighted by atomic mass is 32.1. The minimum Gasteiger partial charge on any atom is -0.462 e. The molecule has 0 aliphatic carbocycles. The van der Waals surface area contributed by atoms with E-state index in [0.29, 0.717) is 26.7 Å². The van der Waals surface area contributed by atoms with Gasteiger partial charge in [-0.1, -0.05) is 23.5 Å². The van der Waals surface area contributed by atoms with E-state index >= 15 is 0 Å². The van der Waals surface area contributed by atoms with Crippen LogP contribution in [0.5, 0.6) is 0 Å². The van der Waals surface area contributed by atoms with Crippen molar-refractivity contribution in [2.75, 3.05) is 11.9 Å². The number of amides is 1. The van der Waals surface area contributed by atoms with Gasteiger partial charge in [-0.05, 0) is 26.0 Å². The van der Waals surface area contributed by atoms with Crippen LogP contribution in [0.4, 0.5) is 5.13 Å². The lowest BCUT2D eigenvalue weighted by molar-refractivity contribution is 0.0531. The molecule has 0 saturated carbocycles. The number of hydrogen-bond acceptors (Lipinski definition) is 7. The molecular weight excluding hydrogens is 328 g/mol. The lowest BCUT2D eigenvalue weighted by Gasteiger charge is -2.02. The average molecular weight is 342 g/mol. The number of fused-ring (bicyclic) bond motifs is 1. The highest BCUT2D eigenvalue weighted by molar-refractivity contribution is 7.17. The monoisotopic (exact) mass is 342 g/mol. The van der Waals surface area contributed by atoms with Crippen LogP contribution in [-0.4, -0.2) is 33.4 Å². The Morgan fingerprint density at radius 1 is 1.21 bits per heavy atom. The number of para-hydroxylation sites is 2. The zero-order chi connectivity index (χ0) is 17.1. The molecule has 8 heteroatoms. The van der Waals surface area contributed by atoms with Gasteiger partial charge >= 0.3 is 5.97 Å². The van der Waals surface area contributed by atoms with E-state index < -0.39 is 11.9 Å². The van der Waals surface area contributed by atoms with Gasteiger partial charge in [0.05, 0.1) is 29.5 Å². The van der Waals surface area contributed by atoms with Crippen LogP contribution in [-0.2, 0) is 4.74 Å². The number of aryl methyl sites for hydroxylation is 1. The molecule has 3 aromatic rings. The summed E-state index contributed by atoms with van der Waals surface area (Å²) in [5.74, 6) is -0.879. The molecule has 0 aliphatic heterocycles. The Kier molecular flexibility index (Phi) is 4.48. The summed E-state index contributed by atoms with van der Waals surface area (Å²) in [5, 5.41) is 2.95. The minimum absolute atomic E-state index is 0.180. The normalized spacial score (nSPS) is 10.6. The Labute approximate surface area is 141 Å². The molecule has 0 radical (unpaired) electrons. The number of benzene rings is 1. The molecule has 0 fully saturated rings. The SMILES string of the molecule is CCOC(=O)c1sc(NC(=O)c2cnc3ccccc3n2)nc1C. The van der Waals surface area contributed by atoms with Gasteiger partial charge in [-0.2, -0.15) is 0 Å². The third kappa shape index (κ3) is 3.23. The zero-order valence-electron chi connectivity index (χ0n) is 13.1. The van der Waals surface area contributed by atoms with Crippen molar-refractivity contribution in [2.24, 2.45) is 0 Å². The summed E-state index contributed by atoms with van der Waals surface area (Å²) in [6.45, 7) is 3.70. The summed E-state index contributed by atoms with van der Waals surface area (Å²) in [6.07, 6.45) is 1.41. The molecule has 2 aromatic heterocycles. The molecule has 1 N–H and O–H groups in total. The third-order valence-corrected chi connectivity index (χ3v) is 4.21. The van der Waals surface area contributed by atoms with Gasteiger partial charge in [-0.15, -0.1) is 0 Å². The standard InChI is InChI=1S/C16H14N4O3S/c1-3-23-15(22)13-9(2)18-16(24-13)20-14(21)12-8-17-10-6-4-5-7-11(10)19-12/h4-8H,3H2,1-2H3,(H,18,20,21). The Morgan fingerprint density at radius 3 is 2.71 bits per heavy atom. The second kappa shape index (κ2) is 6.71. The first-order valence-electron chi connectivity index (χ1n) is 7.26. The molecule has 0 saturated heterocycles. The minimum atomic E-state index is -0.446. The maximum Gasteiger partial charge on any atom is 0.350 e. The third-order valence-electron chi connectivity index (χ3n) is 3.16. The molecule has 1 amide bonds. The molecule has 2 heterocycles. The molecule has 0 bridgehead atoms. The van der Waals surface area contributed by atoms with Crippen molar-refractivity contribution in [3.8, 4) is 0 Å². The van der Waals surface area contributed by atoms with Gasteiger partial charge in [0.25, 0.3) is 5.91 Å². The van der Waals surface area contributed by atoms with Crippen LogP contribution in [0, 0.1) is 6.92 Å². The maximum atomic E-state index is 12.3. The fourth-order valence-electron chi connectivity index (χ4n) is 2.06. The number of anilines is 1. The number of hydrogen-bond donors (Lipinski definition) is 1. The smallest absolute Gasteiger partial charge is 0.350 e. The van der Waals surface area contributed by atoms with Gasteiger partial charge in [0, 0.05) is 0 Å². The van der Waals surface area contributed by atoms with Gasteiger partial charge < -0.3 is 4.74 Å². The van der Waals surface area contributed by atoms with E-state index in [2.05, 4.69) is 20.3 Å². The van der Waals surface area contributed by atoms with Crippen LogP contribution in [0.25, 0.3) is 11.0 Å². The van der Waals surface area contributed by atoms with Crippen LogP contribution in [0.2, 0.25) is 0 Å². The van der Waals surface area contributed by atoms with Crippen molar-refractivity contribution in [1.29, 1.82) is 0 Å². The largest absolute Gasteiger partial charge is 0.462 e. The van der Waals surface area contributed by atoms with Crippen LogP contribution < -0.4 is 5.32 Å². The lowest BCUT2D eigenvalue weighted by atomic mass is 10.3. The summed E-state index contributed by atoms with van der Waals surface area (Å²) in [6, 6.07) is 7.28. The van der Waals surface area contributed by atoms with Crippen molar-refractivity contribution in [2.45, 2.75) is 13.8 Å². The van der Waals surface area contributed by atoms with E-state index in [1.807, 2.05) is 18.2 Å². The highest BCUT2D eigenvalue weighted by Crippen LogP contribution is 2.23. The van der Waals surface area contributed by atoms with E-state index in [0.717, 1.165) is 11.3 Å². The Hall–Kier alpha value is -2.87. The Balaban J connectivity index is 1.81. The average Bonchev–Trinajstić information content (AvgIpc) is 2.95. The molecule has 3 rings (SSSR count). The van der Waals surface area contributed by atoms with E-state index in [-0.39, 0.29) is 12.3 Å². The number of rotatable bonds is 4. The van der Waals surface area contributed by atoms with Gasteiger partial charge in [0.1, 0.15) is 10.6 Å². The van der Waals surface area contributed by atoms with E-state index in [9.17, 15) is 9.59 Å². The van der Waals surface area contributed by atoms with Gasteiger partial charge in [0.2, 0.25) is 0 Å². The number of carbonyl (C=O) groups is 2. The molecule has 0 spiro atoms. The summed E-state index contributed by atoms with van der Waals surface area (Å²) in [5.41, 5.74) is 2.04. The lowest BCUT2D eigenvalue weighted by Crippen LogP contribution is -2.14. The molecule has 0 aliphatic rings. The first-order valence-corrected chi connectivity index (χ1v) is 8.08. The van der Waals surface area contributed by atoms with Crippen LogP contribution >= 0.6 is 11.3 Å². The van der Waals surface area contributed by atoms with Crippen molar-refractivity contribution in [1.82, 2.24) is 15.0 Å². The predicted octanol–water partition coefficient (Wildman–Crippen LogP) is 2.82. The number of aromatic nitrogens is 3. The van der Waals surface area contributed by atoms with E-state index in [1.54, 1.807) is 19.9 Å². The van der Waals surface area contributed by atoms with Gasteiger partial charge in [0.15, 0.2) is 5.13 Å². The van der Waals surface area contributed by atoms with Crippen LogP contribution in [0.15, 0.2) is 30.5 Å². The molecule has 122 valence electrons. The van der Waals surface area contributed by atoms with Crippen molar-refractivity contribution in [3.05, 3.63) is 46.7 Å². The molecule has 1 aromatic carbocycles. The zero-order valence-corrected chi connectivity index (χ0v) is 13.9. The van der Waals surface area contributed by atoms with E-state index in [4.69, 9.17) is 4.74 Å². The predicted molar refractivity (Wildman–Crippen MR) is 90.3 cm³/mol. The number of ether oxygens (including phenoxy) is 1. The van der Waals surface area contributed by atoms with Crippen molar-refractivity contribution < 1.29 is 14.3 Å². The molecule has 7 nitrogen and oxygen atoms in total. The number of thiazole rings is 1. The van der Waals surface area contributed by atoms with Crippen molar-refractivity contribution in [3.63, 3.8) is 0 Å². The molecule has 24 heavy (non-hydrogen) atoms. The number of carbonyl (C=O) groups excluding carboxylic acids is 2. The van der Waals surface area contributed by atoms with Crippen LogP contribution in [0.1, 0.15) is 32.8 Å². The maximum absolute atomic E-state index is 12.3. The number of nitrogens with zero attached hydrogens (tertiary/aromatic N) is 3. The fourth-order valence-corrected chi connectivity index (χ4v) is 2.92. The first-order chi connectivity index (χ1) is 11.6. The quantitative estimate of drug-likeness (QED) is 0.733. The summed E-state index contributed by atoms with van der Waals surface area (Å²) < 4.78 is 4.96. The Morgan fingerprint density at radius 2 is 1.96 bits per heavy atom. The molecule has 0 atom stereocenters. The van der Waals surface area contributed by atoms with Gasteiger partial charge in [-0.25, -0.2) is 14.8 Å². The number of nitrogens with one attached hydrogen (secondary N) is 1. The Bertz CT molecular complexity index is 923. The molecular formula is C16H14N4O3S. The number of esters is 1. The van der Waals surface area contributed by atoms with Crippen molar-refractivity contribution >= 4 is 39.4 Å².